The average molecular weight is 900 g/mol. The zero-order valence-electron chi connectivity index (χ0n) is 36.9. The first-order chi connectivity index (χ1) is 34.2. The van der Waals surface area contributed by atoms with E-state index in [1.54, 1.807) is 11.3 Å². The highest BCUT2D eigenvalue weighted by atomic mass is 32.1. The second kappa shape index (κ2) is 15.8. The molecular formula is C61H37N7S. The number of aromatic nitrogens is 7. The molecule has 69 heavy (non-hydrogen) atoms. The van der Waals surface area contributed by atoms with Crippen LogP contribution in [0, 0.1) is 0 Å². The van der Waals surface area contributed by atoms with Gasteiger partial charge in [0, 0.05) is 65.1 Å². The largest absolute Gasteiger partial charge is 0.309 e. The molecule has 14 aromatic rings. The molecule has 5 aromatic heterocycles. The van der Waals surface area contributed by atoms with Gasteiger partial charge in [-0.1, -0.05) is 164 Å². The molecular weight excluding hydrogens is 863 g/mol. The van der Waals surface area contributed by atoms with Gasteiger partial charge in [-0.3, -0.25) is 0 Å². The Morgan fingerprint density at radius 3 is 1.46 bits per heavy atom. The molecule has 0 N–H and O–H groups in total. The van der Waals surface area contributed by atoms with Crippen molar-refractivity contribution in [2.24, 2.45) is 0 Å². The first-order valence-corrected chi connectivity index (χ1v) is 23.8. The Hall–Kier alpha value is -9.11. The molecule has 0 aliphatic heterocycles. The molecule has 0 amide bonds. The Morgan fingerprint density at radius 1 is 0.333 bits per heavy atom. The van der Waals surface area contributed by atoms with E-state index in [1.807, 2.05) is 42.5 Å². The molecule has 322 valence electrons. The summed E-state index contributed by atoms with van der Waals surface area (Å²) in [5.74, 6) is 2.33. The predicted octanol–water partition coefficient (Wildman–Crippen LogP) is 15.6. The molecule has 0 bridgehead atoms. The van der Waals surface area contributed by atoms with E-state index in [1.165, 1.54) is 20.9 Å². The predicted molar refractivity (Wildman–Crippen MR) is 284 cm³/mol. The minimum Gasteiger partial charge on any atom is -0.309 e. The van der Waals surface area contributed by atoms with Crippen molar-refractivity contribution in [3.63, 3.8) is 0 Å². The van der Waals surface area contributed by atoms with Crippen LogP contribution in [0.25, 0.3) is 132 Å². The van der Waals surface area contributed by atoms with Gasteiger partial charge in [-0.2, -0.15) is 0 Å². The van der Waals surface area contributed by atoms with Gasteiger partial charge in [0.2, 0.25) is 0 Å². The molecule has 5 heterocycles. The normalized spacial score (nSPS) is 11.8. The van der Waals surface area contributed by atoms with Crippen molar-refractivity contribution < 1.29 is 0 Å². The minimum absolute atomic E-state index is 0.539. The summed E-state index contributed by atoms with van der Waals surface area (Å²) < 4.78 is 7.00. The lowest BCUT2D eigenvalue weighted by atomic mass is 10.0. The molecule has 0 spiro atoms. The third kappa shape index (κ3) is 6.30. The van der Waals surface area contributed by atoms with E-state index in [4.69, 9.17) is 24.9 Å². The number of hydrogen-bond acceptors (Lipinski definition) is 6. The number of nitrogens with zero attached hydrogens (tertiary/aromatic N) is 7. The lowest BCUT2D eigenvalue weighted by Gasteiger charge is -2.16. The van der Waals surface area contributed by atoms with Crippen molar-refractivity contribution in [3.8, 4) is 68.2 Å². The SMILES string of the molecule is c1ccc(-c2nc(-c3ccccc3)nc(-c3cc(-c4nc(-c5ccccc5)c5sc6ccccc6c5n4)ccc3-n3c4ccccc4c4c5c6ccccc6n(-c6ccccc6)c5ccc43)n2)cc1. The quantitative estimate of drug-likeness (QED) is 0.159. The number of thiophene rings is 1. The van der Waals surface area contributed by atoms with E-state index in [-0.39, 0.29) is 0 Å². The van der Waals surface area contributed by atoms with Gasteiger partial charge in [-0.05, 0) is 60.7 Å². The lowest BCUT2D eigenvalue weighted by Crippen LogP contribution is -2.04. The maximum atomic E-state index is 5.42. The molecule has 14 rings (SSSR count). The maximum Gasteiger partial charge on any atom is 0.166 e. The van der Waals surface area contributed by atoms with Crippen molar-refractivity contribution in [2.75, 3.05) is 0 Å². The van der Waals surface area contributed by atoms with E-state index in [9.17, 15) is 0 Å². The smallest absolute Gasteiger partial charge is 0.166 e. The lowest BCUT2D eigenvalue weighted by molar-refractivity contribution is 1.06. The van der Waals surface area contributed by atoms with Crippen LogP contribution in [0.2, 0.25) is 0 Å². The Labute approximate surface area is 399 Å². The molecule has 0 unspecified atom stereocenters. The fourth-order valence-electron chi connectivity index (χ4n) is 10.1. The number of benzene rings is 9. The van der Waals surface area contributed by atoms with Crippen LogP contribution in [0.1, 0.15) is 0 Å². The molecule has 0 fully saturated rings. The van der Waals surface area contributed by atoms with Crippen LogP contribution in [0.5, 0.6) is 0 Å². The van der Waals surface area contributed by atoms with Crippen LogP contribution < -0.4 is 0 Å². The molecule has 0 aliphatic carbocycles. The van der Waals surface area contributed by atoms with E-state index in [0.717, 1.165) is 87.9 Å². The Kier molecular flexibility index (Phi) is 8.93. The fourth-order valence-corrected chi connectivity index (χ4v) is 11.3. The van der Waals surface area contributed by atoms with Crippen molar-refractivity contribution in [1.29, 1.82) is 0 Å². The monoisotopic (exact) mass is 899 g/mol. The van der Waals surface area contributed by atoms with Crippen LogP contribution in [0.3, 0.4) is 0 Å². The summed E-state index contributed by atoms with van der Waals surface area (Å²) in [5, 5.41) is 5.84. The average Bonchev–Trinajstić information content (AvgIpc) is 4.09. The van der Waals surface area contributed by atoms with Crippen LogP contribution in [0.15, 0.2) is 224 Å². The van der Waals surface area contributed by atoms with Gasteiger partial charge in [0.15, 0.2) is 23.3 Å². The summed E-state index contributed by atoms with van der Waals surface area (Å²) >= 11 is 1.73. The Bertz CT molecular complexity index is 4240. The molecule has 0 saturated carbocycles. The van der Waals surface area contributed by atoms with Gasteiger partial charge in [0.25, 0.3) is 0 Å². The summed E-state index contributed by atoms with van der Waals surface area (Å²) in [6, 6.07) is 78.4. The fraction of sp³-hybridized carbons (Fsp3) is 0. The van der Waals surface area contributed by atoms with Gasteiger partial charge < -0.3 is 9.13 Å². The summed E-state index contributed by atoms with van der Waals surface area (Å²) in [6.07, 6.45) is 0. The van der Waals surface area contributed by atoms with E-state index in [2.05, 4.69) is 191 Å². The molecule has 0 saturated heterocycles. The molecule has 0 radical (unpaired) electrons. The van der Waals surface area contributed by atoms with Gasteiger partial charge in [-0.15, -0.1) is 11.3 Å². The highest BCUT2D eigenvalue weighted by Gasteiger charge is 2.25. The van der Waals surface area contributed by atoms with Gasteiger partial charge in [0.05, 0.1) is 43.7 Å². The number of fused-ring (bicyclic) bond motifs is 10. The standard InChI is InChI=1S/C61H37N7S/c1-5-19-38(20-6-1)55-57-56(45-29-15-18-32-52(45)69-57)63-60(62-55)41-33-34-49(46(37-41)61-65-58(39-21-7-2-8-22-39)64-59(66-61)40-23-9-3-10-24-40)68-48-31-17-14-28-44(48)54-51(68)36-35-50-53(54)43-27-13-16-30-47(43)67(50)42-25-11-4-12-26-42/h1-37H. The molecule has 9 aromatic carbocycles. The van der Waals surface area contributed by atoms with Gasteiger partial charge >= 0.3 is 0 Å². The van der Waals surface area contributed by atoms with Crippen LogP contribution >= 0.6 is 11.3 Å². The Morgan fingerprint density at radius 2 is 0.826 bits per heavy atom. The van der Waals surface area contributed by atoms with Crippen LogP contribution in [-0.4, -0.2) is 34.1 Å². The first-order valence-electron chi connectivity index (χ1n) is 23.0. The number of hydrogen-bond donors (Lipinski definition) is 0. The maximum absolute atomic E-state index is 5.42. The highest BCUT2D eigenvalue weighted by Crippen LogP contribution is 2.45. The third-order valence-electron chi connectivity index (χ3n) is 13.2. The van der Waals surface area contributed by atoms with Crippen molar-refractivity contribution >= 4 is 75.3 Å². The molecule has 0 aliphatic rings. The summed E-state index contributed by atoms with van der Waals surface area (Å²) in [6.45, 7) is 0. The van der Waals surface area contributed by atoms with Crippen molar-refractivity contribution in [1.82, 2.24) is 34.1 Å². The van der Waals surface area contributed by atoms with Gasteiger partial charge in [-0.25, -0.2) is 24.9 Å². The van der Waals surface area contributed by atoms with Crippen molar-refractivity contribution in [3.05, 3.63) is 224 Å². The summed E-state index contributed by atoms with van der Waals surface area (Å²) in [4.78, 5) is 26.7. The van der Waals surface area contributed by atoms with E-state index >= 15 is 0 Å². The zero-order valence-corrected chi connectivity index (χ0v) is 37.7. The van der Waals surface area contributed by atoms with Crippen LogP contribution in [0.4, 0.5) is 0 Å². The summed E-state index contributed by atoms with van der Waals surface area (Å²) in [5.41, 5.74) is 12.8. The Balaban J connectivity index is 1.09. The first kappa shape index (κ1) is 39.1. The molecule has 0 atom stereocenters. The summed E-state index contributed by atoms with van der Waals surface area (Å²) in [7, 11) is 0. The van der Waals surface area contributed by atoms with Crippen LogP contribution in [-0.2, 0) is 0 Å². The van der Waals surface area contributed by atoms with Crippen molar-refractivity contribution in [2.45, 2.75) is 0 Å². The van der Waals surface area contributed by atoms with E-state index < -0.39 is 0 Å². The topological polar surface area (TPSA) is 74.3 Å². The molecule has 7 nitrogen and oxygen atoms in total. The number of para-hydroxylation sites is 3. The molecule has 8 heteroatoms. The highest BCUT2D eigenvalue weighted by molar-refractivity contribution is 7.26. The van der Waals surface area contributed by atoms with Gasteiger partial charge in [0.1, 0.15) is 0 Å². The second-order valence-electron chi connectivity index (χ2n) is 17.2. The zero-order chi connectivity index (χ0) is 45.4. The van der Waals surface area contributed by atoms with E-state index in [0.29, 0.717) is 23.3 Å². The number of rotatable bonds is 7. The third-order valence-corrected chi connectivity index (χ3v) is 14.4. The second-order valence-corrected chi connectivity index (χ2v) is 18.3. The minimum atomic E-state index is 0.539.